The van der Waals surface area contributed by atoms with E-state index in [9.17, 15) is 9.36 Å². The SMILES string of the molecule is CCCCCCCCCCCC(=O)CCCCCCOC[C@@H](COP(=O)(Cl)OCCBr)OC. The van der Waals surface area contributed by atoms with Crippen LogP contribution < -0.4 is 0 Å². The molecule has 0 aromatic rings. The maximum atomic E-state index is 12.0. The van der Waals surface area contributed by atoms with Gasteiger partial charge < -0.3 is 9.47 Å². The average Bonchev–Trinajstić information content (AvgIpc) is 2.80. The molecule has 9 heteroatoms. The Morgan fingerprint density at radius 2 is 1.36 bits per heavy atom. The Morgan fingerprint density at radius 3 is 1.91 bits per heavy atom. The lowest BCUT2D eigenvalue weighted by Crippen LogP contribution is -2.24. The summed E-state index contributed by atoms with van der Waals surface area (Å²) in [6, 6.07) is 0. The van der Waals surface area contributed by atoms with Crippen molar-refractivity contribution in [1.82, 2.24) is 0 Å². The fourth-order valence-corrected chi connectivity index (χ4v) is 4.91. The van der Waals surface area contributed by atoms with Gasteiger partial charge in [0, 0.05) is 43.1 Å². The Balaban J connectivity index is 3.51. The minimum atomic E-state index is -3.58. The van der Waals surface area contributed by atoms with Crippen molar-refractivity contribution in [2.45, 2.75) is 109 Å². The molecule has 6 nitrogen and oxygen atoms in total. The number of carbonyl (C=O) groups excluding carboxylic acids is 1. The quantitative estimate of drug-likeness (QED) is 0.0586. The normalized spacial score (nSPS) is 14.3. The van der Waals surface area contributed by atoms with Gasteiger partial charge in [0.25, 0.3) is 0 Å². The number of ketones is 1. The van der Waals surface area contributed by atoms with Crippen LogP contribution in [0.25, 0.3) is 0 Å². The monoisotopic (exact) mass is 576 g/mol. The third kappa shape index (κ3) is 24.0. The van der Waals surface area contributed by atoms with Crippen molar-refractivity contribution in [3.8, 4) is 0 Å². The molecular formula is C24H47BrClO6P. The molecule has 0 saturated carbocycles. The number of ether oxygens (including phenoxy) is 2. The first kappa shape index (κ1) is 33.5. The molecule has 0 aliphatic carbocycles. The summed E-state index contributed by atoms with van der Waals surface area (Å²) >= 11 is 8.88. The highest BCUT2D eigenvalue weighted by Crippen LogP contribution is 2.53. The van der Waals surface area contributed by atoms with Gasteiger partial charge in [-0.1, -0.05) is 87.1 Å². The molecule has 0 bridgehead atoms. The standard InChI is InChI=1S/C24H47BrClO6P/c1-3-4-5-6-7-8-9-10-13-16-23(27)17-14-11-12-15-19-30-21-24(29-2)22-32-33(26,28)31-20-18-25/h24H,3-22H2,1-2H3/t24-,33?/m0/s1. The van der Waals surface area contributed by atoms with Crippen LogP contribution >= 0.6 is 34.1 Å². The molecule has 1 unspecified atom stereocenters. The van der Waals surface area contributed by atoms with Crippen molar-refractivity contribution in [3.05, 3.63) is 0 Å². The fourth-order valence-electron chi connectivity index (χ4n) is 3.39. The molecule has 2 atom stereocenters. The van der Waals surface area contributed by atoms with Crippen LogP contribution in [0.2, 0.25) is 0 Å². The minimum Gasteiger partial charge on any atom is -0.379 e. The summed E-state index contributed by atoms with van der Waals surface area (Å²) in [5.41, 5.74) is 0. The number of alkyl halides is 1. The minimum absolute atomic E-state index is 0.0423. The third-order valence-electron chi connectivity index (χ3n) is 5.43. The van der Waals surface area contributed by atoms with E-state index in [0.717, 1.165) is 38.5 Å². The molecular weight excluding hydrogens is 531 g/mol. The molecule has 33 heavy (non-hydrogen) atoms. The molecule has 0 aliphatic rings. The van der Waals surface area contributed by atoms with Crippen LogP contribution in [0.3, 0.4) is 0 Å². The van der Waals surface area contributed by atoms with Gasteiger partial charge in [-0.25, -0.2) is 4.57 Å². The summed E-state index contributed by atoms with van der Waals surface area (Å²) in [6.45, 7) is -0.131. The van der Waals surface area contributed by atoms with Gasteiger partial charge in [-0.15, -0.1) is 0 Å². The van der Waals surface area contributed by atoms with E-state index in [1.165, 1.54) is 51.4 Å². The van der Waals surface area contributed by atoms with Gasteiger partial charge in [0.1, 0.15) is 11.9 Å². The van der Waals surface area contributed by atoms with Gasteiger partial charge in [0.2, 0.25) is 0 Å². The Hall–Kier alpha value is 0.510. The Morgan fingerprint density at radius 1 is 0.818 bits per heavy atom. The molecule has 0 heterocycles. The molecule has 0 aliphatic heterocycles. The number of hydrogen-bond acceptors (Lipinski definition) is 6. The summed E-state index contributed by atoms with van der Waals surface area (Å²) in [5.74, 6) is 0.411. The van der Waals surface area contributed by atoms with E-state index in [-0.39, 0.29) is 19.3 Å². The van der Waals surface area contributed by atoms with Gasteiger partial charge in [-0.05, 0) is 19.3 Å². The highest BCUT2D eigenvalue weighted by Gasteiger charge is 2.23. The van der Waals surface area contributed by atoms with Crippen molar-refractivity contribution < 1.29 is 27.9 Å². The maximum absolute atomic E-state index is 12.0. The number of unbranched alkanes of at least 4 members (excludes halogenated alkanes) is 11. The zero-order valence-electron chi connectivity index (χ0n) is 20.9. The summed E-state index contributed by atoms with van der Waals surface area (Å²) in [5, 5.41) is 0.525. The average molecular weight is 578 g/mol. The van der Waals surface area contributed by atoms with E-state index in [0.29, 0.717) is 30.7 Å². The van der Waals surface area contributed by atoms with E-state index < -0.39 is 6.95 Å². The van der Waals surface area contributed by atoms with Crippen molar-refractivity contribution in [2.24, 2.45) is 0 Å². The van der Waals surface area contributed by atoms with E-state index >= 15 is 0 Å². The lowest BCUT2D eigenvalue weighted by atomic mass is 10.0. The van der Waals surface area contributed by atoms with E-state index in [4.69, 9.17) is 29.8 Å². The van der Waals surface area contributed by atoms with Crippen LogP contribution in [-0.4, -0.2) is 50.8 Å². The van der Waals surface area contributed by atoms with Crippen LogP contribution in [-0.2, 0) is 27.9 Å². The summed E-state index contributed by atoms with van der Waals surface area (Å²) in [4.78, 5) is 12.0. The van der Waals surface area contributed by atoms with Crippen LogP contribution in [0.4, 0.5) is 0 Å². The molecule has 0 amide bonds. The number of carbonyl (C=O) groups is 1. The molecule has 0 N–H and O–H groups in total. The smallest absolute Gasteiger partial charge is 0.379 e. The van der Waals surface area contributed by atoms with Crippen LogP contribution in [0.15, 0.2) is 0 Å². The molecule has 0 saturated heterocycles. The van der Waals surface area contributed by atoms with Crippen molar-refractivity contribution in [1.29, 1.82) is 0 Å². The molecule has 0 aromatic heterocycles. The van der Waals surface area contributed by atoms with Gasteiger partial charge in [0.15, 0.2) is 0 Å². The van der Waals surface area contributed by atoms with E-state index in [1.807, 2.05) is 0 Å². The Kier molecular flexibility index (Phi) is 24.6. The predicted octanol–water partition coefficient (Wildman–Crippen LogP) is 8.23. The second-order valence-electron chi connectivity index (χ2n) is 8.46. The summed E-state index contributed by atoms with van der Waals surface area (Å²) in [7, 11) is 1.54. The first-order chi connectivity index (χ1) is 15.9. The van der Waals surface area contributed by atoms with Gasteiger partial charge in [-0.2, -0.15) is 0 Å². The van der Waals surface area contributed by atoms with Gasteiger partial charge in [0.05, 0.1) is 19.8 Å². The van der Waals surface area contributed by atoms with Crippen molar-refractivity contribution in [2.75, 3.05) is 38.9 Å². The zero-order valence-corrected chi connectivity index (χ0v) is 24.1. The highest BCUT2D eigenvalue weighted by molar-refractivity contribution is 9.09. The number of halogens is 2. The van der Waals surface area contributed by atoms with Gasteiger partial charge >= 0.3 is 6.95 Å². The second kappa shape index (κ2) is 24.2. The second-order valence-corrected chi connectivity index (χ2v) is 11.9. The maximum Gasteiger partial charge on any atom is 0.424 e. The molecule has 0 spiro atoms. The molecule has 0 rings (SSSR count). The Labute approximate surface area is 215 Å². The molecule has 198 valence electrons. The highest BCUT2D eigenvalue weighted by atomic mass is 79.9. The van der Waals surface area contributed by atoms with Crippen LogP contribution in [0, 0.1) is 0 Å². The van der Waals surface area contributed by atoms with E-state index in [1.54, 1.807) is 7.11 Å². The summed E-state index contributed by atoms with van der Waals surface area (Å²) in [6.07, 6.45) is 16.6. The Bertz CT molecular complexity index is 498. The zero-order chi connectivity index (χ0) is 24.6. The fraction of sp³-hybridized carbons (Fsp3) is 0.958. The molecule has 0 aromatic carbocycles. The number of Topliss-reactive ketones (excluding diaryl/α,β-unsaturated/α-hetero) is 1. The third-order valence-corrected chi connectivity index (χ3v) is 7.29. The van der Waals surface area contributed by atoms with Crippen molar-refractivity contribution >= 4 is 39.9 Å². The lowest BCUT2D eigenvalue weighted by Gasteiger charge is -2.17. The largest absolute Gasteiger partial charge is 0.424 e. The van der Waals surface area contributed by atoms with Crippen molar-refractivity contribution in [3.63, 3.8) is 0 Å². The first-order valence-corrected chi connectivity index (χ1v) is 16.3. The van der Waals surface area contributed by atoms with Crippen LogP contribution in [0.5, 0.6) is 0 Å². The van der Waals surface area contributed by atoms with Gasteiger partial charge in [-0.3, -0.25) is 13.8 Å². The predicted molar refractivity (Wildman–Crippen MR) is 141 cm³/mol. The molecule has 0 radical (unpaired) electrons. The number of hydrogen-bond donors (Lipinski definition) is 0. The number of rotatable bonds is 26. The van der Waals surface area contributed by atoms with E-state index in [2.05, 4.69) is 22.9 Å². The summed E-state index contributed by atoms with van der Waals surface area (Å²) < 4.78 is 32.8. The lowest BCUT2D eigenvalue weighted by molar-refractivity contribution is -0.119. The molecule has 0 fully saturated rings. The topological polar surface area (TPSA) is 71.1 Å². The number of methoxy groups -OCH3 is 1. The first-order valence-electron chi connectivity index (χ1n) is 12.7. The van der Waals surface area contributed by atoms with Crippen LogP contribution in [0.1, 0.15) is 103 Å².